The van der Waals surface area contributed by atoms with Crippen LogP contribution in [0.2, 0.25) is 0 Å². The molecule has 0 spiro atoms. The second-order valence-electron chi connectivity index (χ2n) is 3.37. The molecule has 5 heteroatoms. The van der Waals surface area contributed by atoms with Gasteiger partial charge in [0.15, 0.2) is 0 Å². The highest BCUT2D eigenvalue weighted by atomic mass is 19.1. The number of hydrogen-bond donors (Lipinski definition) is 0. The Bertz CT molecular complexity index is 375. The van der Waals surface area contributed by atoms with Crippen LogP contribution in [0, 0.1) is 11.6 Å². The number of Topliss-reactive ketones (excluding diaryl/α,β-unsaturated/α-hetero) is 1. The first-order chi connectivity index (χ1) is 7.18. The Morgan fingerprint density at radius 3 is 2.60 bits per heavy atom. The highest BCUT2D eigenvalue weighted by Crippen LogP contribution is 2.29. The minimum atomic E-state index is -0.811. The van der Waals surface area contributed by atoms with E-state index in [9.17, 15) is 13.6 Å². The molecular weight excluding hydrogens is 204 g/mol. The van der Waals surface area contributed by atoms with Crippen molar-refractivity contribution < 1.29 is 18.3 Å². The smallest absolute Gasteiger partial charge is 0.150 e. The molecule has 0 aliphatic carbocycles. The largest absolute Gasteiger partial charge is 0.372 e. The van der Waals surface area contributed by atoms with Crippen LogP contribution in [0.1, 0.15) is 24.5 Å². The lowest BCUT2D eigenvalue weighted by Gasteiger charge is -2.22. The molecule has 1 aromatic heterocycles. The molecule has 1 atom stereocenters. The van der Waals surface area contributed by atoms with E-state index in [1.54, 1.807) is 0 Å². The number of nitrogens with zero attached hydrogens (tertiary/aromatic N) is 1. The highest BCUT2D eigenvalue weighted by Gasteiger charge is 2.27. The molecule has 1 aliphatic rings. The number of hydrogen-bond acceptors (Lipinski definition) is 3. The minimum absolute atomic E-state index is 0.0256. The van der Waals surface area contributed by atoms with Gasteiger partial charge in [-0.05, 0) is 0 Å². The van der Waals surface area contributed by atoms with Gasteiger partial charge in [-0.1, -0.05) is 0 Å². The zero-order chi connectivity index (χ0) is 10.8. The minimum Gasteiger partial charge on any atom is -0.372 e. The van der Waals surface area contributed by atoms with Crippen LogP contribution in [-0.4, -0.2) is 17.4 Å². The van der Waals surface area contributed by atoms with Crippen molar-refractivity contribution in [1.82, 2.24) is 4.98 Å². The SMILES string of the molecule is O=C1CCOC(c2c(F)cncc2F)C1. The summed E-state index contributed by atoms with van der Waals surface area (Å²) in [6, 6.07) is 0. The summed E-state index contributed by atoms with van der Waals surface area (Å²) in [6.45, 7) is 0.213. The van der Waals surface area contributed by atoms with Crippen molar-refractivity contribution in [2.45, 2.75) is 18.9 Å². The van der Waals surface area contributed by atoms with Crippen molar-refractivity contribution in [2.24, 2.45) is 0 Å². The second-order valence-corrected chi connectivity index (χ2v) is 3.37. The van der Waals surface area contributed by atoms with Gasteiger partial charge in [-0.3, -0.25) is 9.78 Å². The van der Waals surface area contributed by atoms with Crippen LogP contribution in [0.15, 0.2) is 12.4 Å². The number of rotatable bonds is 1. The first-order valence-corrected chi connectivity index (χ1v) is 4.60. The zero-order valence-electron chi connectivity index (χ0n) is 7.87. The Morgan fingerprint density at radius 2 is 2.00 bits per heavy atom. The average molecular weight is 213 g/mol. The van der Waals surface area contributed by atoms with E-state index < -0.39 is 17.7 Å². The molecule has 0 aromatic carbocycles. The molecule has 80 valence electrons. The van der Waals surface area contributed by atoms with Gasteiger partial charge in [-0.2, -0.15) is 0 Å². The van der Waals surface area contributed by atoms with Crippen LogP contribution >= 0.6 is 0 Å². The second kappa shape index (κ2) is 4.02. The maximum absolute atomic E-state index is 13.3. The highest BCUT2D eigenvalue weighted by molar-refractivity contribution is 5.79. The Kier molecular flexibility index (Phi) is 2.73. The number of ether oxygens (including phenoxy) is 1. The van der Waals surface area contributed by atoms with E-state index >= 15 is 0 Å². The molecule has 15 heavy (non-hydrogen) atoms. The third-order valence-electron chi connectivity index (χ3n) is 2.33. The predicted octanol–water partition coefficient (Wildman–Crippen LogP) is 1.78. The molecule has 0 amide bonds. The maximum Gasteiger partial charge on any atom is 0.150 e. The Labute approximate surface area is 85.1 Å². The average Bonchev–Trinajstić information content (AvgIpc) is 2.17. The van der Waals surface area contributed by atoms with Crippen LogP contribution in [0.25, 0.3) is 0 Å². The molecule has 0 N–H and O–H groups in total. The van der Waals surface area contributed by atoms with Crippen LogP contribution in [0.3, 0.4) is 0 Å². The lowest BCUT2D eigenvalue weighted by molar-refractivity contribution is -0.128. The van der Waals surface area contributed by atoms with E-state index in [-0.39, 0.29) is 24.4 Å². The van der Waals surface area contributed by atoms with Crippen molar-refractivity contribution in [3.8, 4) is 0 Å². The van der Waals surface area contributed by atoms with Crippen molar-refractivity contribution in [2.75, 3.05) is 6.61 Å². The van der Waals surface area contributed by atoms with Crippen LogP contribution < -0.4 is 0 Å². The van der Waals surface area contributed by atoms with Gasteiger partial charge >= 0.3 is 0 Å². The van der Waals surface area contributed by atoms with E-state index in [0.717, 1.165) is 12.4 Å². The molecule has 2 rings (SSSR count). The molecule has 2 heterocycles. The molecule has 1 aromatic rings. The van der Waals surface area contributed by atoms with Crippen molar-refractivity contribution in [1.29, 1.82) is 0 Å². The standard InChI is InChI=1S/C10H9F2NO2/c11-7-4-13-5-8(12)10(7)9-3-6(14)1-2-15-9/h4-5,9H,1-3H2. The summed E-state index contributed by atoms with van der Waals surface area (Å²) in [7, 11) is 0. The molecule has 1 saturated heterocycles. The van der Waals surface area contributed by atoms with Crippen LogP contribution in [0.4, 0.5) is 8.78 Å². The van der Waals surface area contributed by atoms with E-state index in [4.69, 9.17) is 4.74 Å². The molecule has 3 nitrogen and oxygen atoms in total. The Morgan fingerprint density at radius 1 is 1.33 bits per heavy atom. The lowest BCUT2D eigenvalue weighted by atomic mass is 10.0. The van der Waals surface area contributed by atoms with Crippen molar-refractivity contribution in [3.63, 3.8) is 0 Å². The maximum atomic E-state index is 13.3. The summed E-state index contributed by atoms with van der Waals surface area (Å²) in [5, 5.41) is 0. The van der Waals surface area contributed by atoms with Gasteiger partial charge in [-0.15, -0.1) is 0 Å². The first-order valence-electron chi connectivity index (χ1n) is 4.60. The monoisotopic (exact) mass is 213 g/mol. The third-order valence-corrected chi connectivity index (χ3v) is 2.33. The van der Waals surface area contributed by atoms with Crippen molar-refractivity contribution >= 4 is 5.78 Å². The number of pyridine rings is 1. The van der Waals surface area contributed by atoms with Crippen molar-refractivity contribution in [3.05, 3.63) is 29.6 Å². The summed E-state index contributed by atoms with van der Waals surface area (Å²) in [5.41, 5.74) is -0.196. The quantitative estimate of drug-likeness (QED) is 0.713. The molecule has 1 aliphatic heterocycles. The predicted molar refractivity (Wildman–Crippen MR) is 47.1 cm³/mol. The number of ketones is 1. The number of halogens is 2. The number of carbonyl (C=O) groups is 1. The molecular formula is C10H9F2NO2. The number of aromatic nitrogens is 1. The molecule has 1 unspecified atom stereocenters. The summed E-state index contributed by atoms with van der Waals surface area (Å²) < 4.78 is 31.7. The summed E-state index contributed by atoms with van der Waals surface area (Å²) in [4.78, 5) is 14.5. The van der Waals surface area contributed by atoms with Gasteiger partial charge < -0.3 is 4.74 Å². The van der Waals surface area contributed by atoms with Gasteiger partial charge in [0.05, 0.1) is 30.7 Å². The van der Waals surface area contributed by atoms with E-state index in [0.29, 0.717) is 6.42 Å². The fourth-order valence-corrected chi connectivity index (χ4v) is 1.60. The fourth-order valence-electron chi connectivity index (χ4n) is 1.60. The third kappa shape index (κ3) is 2.02. The van der Waals surface area contributed by atoms with Gasteiger partial charge in [0.2, 0.25) is 0 Å². The van der Waals surface area contributed by atoms with Gasteiger partial charge in [-0.25, -0.2) is 8.78 Å². The van der Waals surface area contributed by atoms with Crippen LogP contribution in [0.5, 0.6) is 0 Å². The van der Waals surface area contributed by atoms with Crippen LogP contribution in [-0.2, 0) is 9.53 Å². The molecule has 1 fully saturated rings. The first kappa shape index (κ1) is 10.2. The summed E-state index contributed by atoms with van der Waals surface area (Å²) in [5.74, 6) is -1.58. The summed E-state index contributed by atoms with van der Waals surface area (Å²) >= 11 is 0. The summed E-state index contributed by atoms with van der Waals surface area (Å²) in [6.07, 6.45) is 1.36. The molecule has 0 bridgehead atoms. The molecule has 0 saturated carbocycles. The lowest BCUT2D eigenvalue weighted by Crippen LogP contribution is -2.21. The topological polar surface area (TPSA) is 39.2 Å². The zero-order valence-corrected chi connectivity index (χ0v) is 7.87. The Hall–Kier alpha value is -1.36. The van der Waals surface area contributed by atoms with Gasteiger partial charge in [0.1, 0.15) is 17.4 Å². The Balaban J connectivity index is 2.32. The molecule has 0 radical (unpaired) electrons. The van der Waals surface area contributed by atoms with Gasteiger partial charge in [0, 0.05) is 12.8 Å². The van der Waals surface area contributed by atoms with E-state index in [1.165, 1.54) is 0 Å². The van der Waals surface area contributed by atoms with Gasteiger partial charge in [0.25, 0.3) is 0 Å². The normalized spacial score (nSPS) is 21.7. The van der Waals surface area contributed by atoms with E-state index in [1.807, 2.05) is 0 Å². The fraction of sp³-hybridized carbons (Fsp3) is 0.400. The van der Waals surface area contributed by atoms with E-state index in [2.05, 4.69) is 4.98 Å². The number of carbonyl (C=O) groups excluding carboxylic acids is 1.